The lowest BCUT2D eigenvalue weighted by atomic mass is 10.1. The molecule has 7 nitrogen and oxygen atoms in total. The molecule has 2 amide bonds. The number of hydrogen-bond acceptors (Lipinski definition) is 5. The van der Waals surface area contributed by atoms with Crippen molar-refractivity contribution in [1.82, 2.24) is 16.2 Å². The van der Waals surface area contributed by atoms with E-state index in [1.807, 2.05) is 24.3 Å². The van der Waals surface area contributed by atoms with Gasteiger partial charge in [0, 0.05) is 10.0 Å². The Kier molecular flexibility index (Phi) is 8.68. The molecular weight excluding hydrogens is 677 g/mol. The van der Waals surface area contributed by atoms with E-state index >= 15 is 0 Å². The van der Waals surface area contributed by atoms with Crippen LogP contribution >= 0.6 is 66.7 Å². The van der Waals surface area contributed by atoms with E-state index in [0.29, 0.717) is 17.1 Å². The summed E-state index contributed by atoms with van der Waals surface area (Å²) in [4.78, 5) is 24.4. The van der Waals surface area contributed by atoms with E-state index in [9.17, 15) is 9.59 Å². The van der Waals surface area contributed by atoms with Crippen molar-refractivity contribution in [3.63, 3.8) is 0 Å². The number of halogens is 3. The highest BCUT2D eigenvalue weighted by atomic mass is 127. The van der Waals surface area contributed by atoms with Crippen molar-refractivity contribution in [2.45, 2.75) is 0 Å². The van der Waals surface area contributed by atoms with Gasteiger partial charge >= 0.3 is 0 Å². The minimum atomic E-state index is -0.474. The van der Waals surface area contributed by atoms with Gasteiger partial charge in [-0.1, -0.05) is 28.1 Å². The third kappa shape index (κ3) is 6.30. The predicted molar refractivity (Wildman–Crippen MR) is 142 cm³/mol. The minimum absolute atomic E-state index is 0.0578. The summed E-state index contributed by atoms with van der Waals surface area (Å²) in [7, 11) is 1.56. The normalized spacial score (nSPS) is 10.4. The average Bonchev–Trinajstić information content (AvgIpc) is 2.76. The van der Waals surface area contributed by atoms with Gasteiger partial charge in [-0.2, -0.15) is 0 Å². The van der Waals surface area contributed by atoms with E-state index < -0.39 is 11.8 Å². The highest BCUT2D eigenvalue weighted by molar-refractivity contribution is 14.1. The van der Waals surface area contributed by atoms with Crippen molar-refractivity contribution < 1.29 is 19.1 Å². The van der Waals surface area contributed by atoms with Gasteiger partial charge in [0.15, 0.2) is 11.7 Å². The molecule has 0 spiro atoms. The molecule has 0 saturated heterocycles. The zero-order valence-corrected chi connectivity index (χ0v) is 22.6. The largest absolute Gasteiger partial charge is 0.496 e. The van der Waals surface area contributed by atoms with Crippen LogP contribution in [0.25, 0.3) is 10.8 Å². The van der Waals surface area contributed by atoms with Crippen molar-refractivity contribution in [2.75, 3.05) is 13.7 Å². The molecule has 0 heterocycles. The van der Waals surface area contributed by atoms with Crippen LogP contribution in [0.1, 0.15) is 10.4 Å². The first-order valence-corrected chi connectivity index (χ1v) is 12.1. The van der Waals surface area contributed by atoms with Gasteiger partial charge in [0.05, 0.1) is 15.2 Å². The average molecular weight is 693 g/mol. The molecule has 3 N–H and O–H groups in total. The summed E-state index contributed by atoms with van der Waals surface area (Å²) in [5.41, 5.74) is 5.34. The van der Waals surface area contributed by atoms with Crippen LogP contribution in [-0.2, 0) is 4.79 Å². The number of methoxy groups -OCH3 is 1. The molecule has 11 heteroatoms. The van der Waals surface area contributed by atoms with Gasteiger partial charge in [0.25, 0.3) is 11.8 Å². The molecule has 0 atom stereocenters. The van der Waals surface area contributed by atoms with Gasteiger partial charge in [-0.15, -0.1) is 0 Å². The molecule has 0 unspecified atom stereocenters. The fourth-order valence-corrected chi connectivity index (χ4v) is 4.57. The molecule has 32 heavy (non-hydrogen) atoms. The molecular formula is C21H16Br2IN3O4S. The number of carbonyl (C=O) groups excluding carboxylic acids is 2. The van der Waals surface area contributed by atoms with Crippen molar-refractivity contribution in [2.24, 2.45) is 0 Å². The Morgan fingerprint density at radius 3 is 2.50 bits per heavy atom. The Balaban J connectivity index is 1.50. The molecule has 3 rings (SSSR count). The fourth-order valence-electron chi connectivity index (χ4n) is 2.68. The predicted octanol–water partition coefficient (Wildman–Crippen LogP) is 4.69. The molecule has 0 aliphatic rings. The van der Waals surface area contributed by atoms with Crippen molar-refractivity contribution in [3.05, 3.63) is 66.6 Å². The molecule has 0 aliphatic heterocycles. The quantitative estimate of drug-likeness (QED) is 0.204. The monoisotopic (exact) mass is 691 g/mol. The molecule has 0 aliphatic carbocycles. The molecule has 0 fully saturated rings. The third-order valence-electron chi connectivity index (χ3n) is 4.20. The number of rotatable bonds is 5. The zero-order valence-electron chi connectivity index (χ0n) is 16.5. The molecule has 0 saturated carbocycles. The summed E-state index contributed by atoms with van der Waals surface area (Å²) in [6.07, 6.45) is 0. The van der Waals surface area contributed by atoms with Crippen LogP contribution < -0.4 is 25.6 Å². The topological polar surface area (TPSA) is 88.7 Å². The highest BCUT2D eigenvalue weighted by Gasteiger charge is 2.12. The number of benzene rings is 3. The summed E-state index contributed by atoms with van der Waals surface area (Å²) in [6, 6.07) is 14.5. The summed E-state index contributed by atoms with van der Waals surface area (Å²) in [5, 5.41) is 4.37. The van der Waals surface area contributed by atoms with Crippen LogP contribution in [0.4, 0.5) is 0 Å². The van der Waals surface area contributed by atoms with Crippen LogP contribution in [0.3, 0.4) is 0 Å². The third-order valence-corrected chi connectivity index (χ3v) is 6.55. The van der Waals surface area contributed by atoms with Gasteiger partial charge in [-0.05, 0) is 97.9 Å². The van der Waals surface area contributed by atoms with Crippen LogP contribution in [0.5, 0.6) is 11.5 Å². The standard InChI is InChI=1S/C21H16Br2IN3O4S/c1-30-16-6-3-12(9-15(16)24)20(29)26-27-21(32)25-18(28)10-31-17-7-2-11-8-13(22)4-5-14(11)19(17)23/h2-9H,10H2,1H3,(H,26,29)(H2,25,27,28,32). The molecule has 166 valence electrons. The maximum absolute atomic E-state index is 12.2. The Morgan fingerprint density at radius 2 is 1.78 bits per heavy atom. The Morgan fingerprint density at radius 1 is 1.03 bits per heavy atom. The van der Waals surface area contributed by atoms with Gasteiger partial charge in [-0.25, -0.2) is 0 Å². The number of amides is 2. The van der Waals surface area contributed by atoms with Gasteiger partial charge in [0.2, 0.25) is 0 Å². The maximum atomic E-state index is 12.2. The number of fused-ring (bicyclic) bond motifs is 1. The second-order valence-electron chi connectivity index (χ2n) is 6.34. The Labute approximate surface area is 220 Å². The molecule has 3 aromatic carbocycles. The number of hydrogen-bond donors (Lipinski definition) is 3. The van der Waals surface area contributed by atoms with Crippen molar-refractivity contribution in [1.29, 1.82) is 0 Å². The number of nitrogens with one attached hydrogen (secondary N) is 3. The van der Waals surface area contributed by atoms with E-state index in [2.05, 4.69) is 70.6 Å². The molecule has 0 radical (unpaired) electrons. The van der Waals surface area contributed by atoms with E-state index in [-0.39, 0.29) is 11.7 Å². The second kappa shape index (κ2) is 11.3. The lowest BCUT2D eigenvalue weighted by molar-refractivity contribution is -0.121. The first-order valence-electron chi connectivity index (χ1n) is 9.02. The summed E-state index contributed by atoms with van der Waals surface area (Å²) in [6.45, 7) is -0.257. The lowest BCUT2D eigenvalue weighted by Crippen LogP contribution is -2.49. The maximum Gasteiger partial charge on any atom is 0.269 e. The second-order valence-corrected chi connectivity index (χ2v) is 9.62. The van der Waals surface area contributed by atoms with Crippen LogP contribution in [0.15, 0.2) is 57.5 Å². The van der Waals surface area contributed by atoms with E-state index in [4.69, 9.17) is 21.7 Å². The van der Waals surface area contributed by atoms with Crippen molar-refractivity contribution in [3.8, 4) is 11.5 Å². The molecule has 0 bridgehead atoms. The Hall–Kier alpha value is -1.96. The number of thiocarbonyl (C=S) groups is 1. The number of carbonyl (C=O) groups is 2. The van der Waals surface area contributed by atoms with Gasteiger partial charge in [0.1, 0.15) is 11.5 Å². The van der Waals surface area contributed by atoms with Crippen LogP contribution in [-0.4, -0.2) is 30.6 Å². The van der Waals surface area contributed by atoms with E-state index in [1.54, 1.807) is 31.4 Å². The van der Waals surface area contributed by atoms with E-state index in [0.717, 1.165) is 23.3 Å². The molecule has 0 aromatic heterocycles. The van der Waals surface area contributed by atoms with E-state index in [1.165, 1.54) is 0 Å². The lowest BCUT2D eigenvalue weighted by Gasteiger charge is -2.13. The minimum Gasteiger partial charge on any atom is -0.496 e. The first-order chi connectivity index (χ1) is 15.3. The van der Waals surface area contributed by atoms with Crippen LogP contribution in [0.2, 0.25) is 0 Å². The zero-order chi connectivity index (χ0) is 23.3. The first kappa shape index (κ1) is 24.7. The Bertz CT molecular complexity index is 1210. The van der Waals surface area contributed by atoms with Crippen molar-refractivity contribution >= 4 is 94.4 Å². The van der Waals surface area contributed by atoms with Gasteiger partial charge < -0.3 is 9.47 Å². The summed E-state index contributed by atoms with van der Waals surface area (Å²) >= 11 is 14.1. The summed E-state index contributed by atoms with van der Waals surface area (Å²) in [5.74, 6) is 0.309. The SMILES string of the molecule is COc1ccc(C(=O)NNC(=S)NC(=O)COc2ccc3cc(Br)ccc3c2Br)cc1I. The molecule has 3 aromatic rings. The number of hydrazine groups is 1. The summed E-state index contributed by atoms with van der Waals surface area (Å²) < 4.78 is 13.3. The number of ether oxygens (including phenoxy) is 2. The van der Waals surface area contributed by atoms with Gasteiger partial charge in [-0.3, -0.25) is 25.8 Å². The van der Waals surface area contributed by atoms with Crippen LogP contribution in [0, 0.1) is 3.57 Å². The smallest absolute Gasteiger partial charge is 0.269 e. The fraction of sp³-hybridized carbons (Fsp3) is 0.0952. The highest BCUT2D eigenvalue weighted by Crippen LogP contribution is 2.34.